The number of carbonyl (C=O) groups is 2. The smallest absolute Gasteiger partial charge is 0.327 e. The number of nitrogens with zero attached hydrogens (tertiary/aromatic N) is 3. The Kier molecular flexibility index (Phi) is 8.80. The van der Waals surface area contributed by atoms with Crippen LogP contribution in [0.1, 0.15) is 79.0 Å². The first kappa shape index (κ1) is 32.1. The van der Waals surface area contributed by atoms with E-state index in [1.54, 1.807) is 19.2 Å². The van der Waals surface area contributed by atoms with Crippen LogP contribution in [-0.2, 0) is 26.5 Å². The van der Waals surface area contributed by atoms with E-state index >= 15 is 0 Å². The lowest BCUT2D eigenvalue weighted by molar-refractivity contribution is 0.0131. The molecule has 2 fully saturated rings. The number of aryl methyl sites for hydroxylation is 2. The quantitative estimate of drug-likeness (QED) is 0.418. The maximum atomic E-state index is 14.2. The molecule has 3 amide bonds. The van der Waals surface area contributed by atoms with Gasteiger partial charge in [0.05, 0.1) is 18.5 Å². The number of aromatic nitrogens is 1. The zero-order valence-electron chi connectivity index (χ0n) is 27.7. The number of fused-ring (bicyclic) bond motifs is 4. The summed E-state index contributed by atoms with van der Waals surface area (Å²) in [5.41, 5.74) is 3.85. The van der Waals surface area contributed by atoms with Gasteiger partial charge in [0.25, 0.3) is 0 Å². The molecule has 2 aliphatic heterocycles. The molecule has 47 heavy (non-hydrogen) atoms. The fraction of sp³-hybridized carbons (Fsp3) is 0.583. The SMILES string of the molecule is CO[C@H]1/C=C/C[C@H](C)CS(=O)(NC(=O)NC2CC2)=NC(=O)c2ccc3c(n2)N(C[C@@H]2CC[C@H]21)C[C@@]1(CCCc2cc(C)ccc21)CO3. The molecule has 7 rings (SSSR count). The highest BCUT2D eigenvalue weighted by atomic mass is 32.2. The molecule has 0 saturated heterocycles. The number of rotatable bonds is 3. The number of nitrogens with one attached hydrogen (secondary N) is 2. The number of methoxy groups -OCH3 is 1. The van der Waals surface area contributed by atoms with Crippen molar-refractivity contribution in [3.8, 4) is 5.75 Å². The Morgan fingerprint density at radius 2 is 2.02 bits per heavy atom. The average molecular weight is 662 g/mol. The van der Waals surface area contributed by atoms with E-state index in [0.29, 0.717) is 43.0 Å². The van der Waals surface area contributed by atoms with Gasteiger partial charge in [-0.15, -0.1) is 4.36 Å². The lowest BCUT2D eigenvalue weighted by Crippen LogP contribution is -2.49. The van der Waals surface area contributed by atoms with Crippen LogP contribution in [-0.4, -0.2) is 65.8 Å². The summed E-state index contributed by atoms with van der Waals surface area (Å²) in [6.45, 7) is 6.10. The van der Waals surface area contributed by atoms with E-state index in [1.165, 1.54) is 16.7 Å². The van der Waals surface area contributed by atoms with Gasteiger partial charge in [-0.05, 0) is 99.3 Å². The van der Waals surface area contributed by atoms with E-state index in [1.807, 2.05) is 6.92 Å². The number of allylic oxidation sites excluding steroid dienone is 1. The number of ether oxygens (including phenoxy) is 2. The molecule has 2 aromatic rings. The molecule has 2 saturated carbocycles. The zero-order chi connectivity index (χ0) is 32.8. The zero-order valence-corrected chi connectivity index (χ0v) is 28.5. The van der Waals surface area contributed by atoms with Crippen LogP contribution in [0.2, 0.25) is 0 Å². The van der Waals surface area contributed by atoms with Gasteiger partial charge < -0.3 is 19.7 Å². The molecule has 1 spiro atoms. The van der Waals surface area contributed by atoms with E-state index in [-0.39, 0.29) is 34.9 Å². The molecule has 2 bridgehead atoms. The summed E-state index contributed by atoms with van der Waals surface area (Å²) in [7, 11) is -1.68. The predicted octanol–water partition coefficient (Wildman–Crippen LogP) is 5.49. The number of urea groups is 1. The normalized spacial score (nSPS) is 32.8. The molecule has 0 radical (unpaired) electrons. The van der Waals surface area contributed by atoms with Crippen LogP contribution in [0, 0.1) is 24.7 Å². The predicted molar refractivity (Wildman–Crippen MR) is 182 cm³/mol. The van der Waals surface area contributed by atoms with Crippen molar-refractivity contribution in [2.45, 2.75) is 82.8 Å². The minimum Gasteiger partial charge on any atom is -0.489 e. The van der Waals surface area contributed by atoms with Crippen LogP contribution < -0.4 is 19.7 Å². The summed E-state index contributed by atoms with van der Waals surface area (Å²) in [5, 5.41) is 2.81. The molecule has 1 aromatic carbocycles. The highest BCUT2D eigenvalue weighted by Crippen LogP contribution is 2.46. The second-order valence-corrected chi connectivity index (χ2v) is 16.5. The van der Waals surface area contributed by atoms with Crippen molar-refractivity contribution in [3.63, 3.8) is 0 Å². The lowest BCUT2D eigenvalue weighted by atomic mass is 9.68. The van der Waals surface area contributed by atoms with Crippen molar-refractivity contribution < 1.29 is 23.3 Å². The summed E-state index contributed by atoms with van der Waals surface area (Å²) in [5.74, 6) is 1.20. The molecular formula is C36H47N5O5S. The van der Waals surface area contributed by atoms with Gasteiger partial charge in [0, 0.05) is 31.7 Å². The number of carbonyl (C=O) groups excluding carboxylic acids is 2. The second-order valence-electron chi connectivity index (χ2n) is 14.5. The monoisotopic (exact) mass is 661 g/mol. The summed E-state index contributed by atoms with van der Waals surface area (Å²) in [6, 6.07) is 9.70. The van der Waals surface area contributed by atoms with Crippen molar-refractivity contribution in [2.75, 3.05) is 37.5 Å². The largest absolute Gasteiger partial charge is 0.489 e. The fourth-order valence-corrected chi connectivity index (χ4v) is 9.78. The Morgan fingerprint density at radius 3 is 2.79 bits per heavy atom. The van der Waals surface area contributed by atoms with Gasteiger partial charge >= 0.3 is 11.9 Å². The molecule has 11 heteroatoms. The highest BCUT2D eigenvalue weighted by molar-refractivity contribution is 7.92. The van der Waals surface area contributed by atoms with Crippen molar-refractivity contribution in [3.05, 3.63) is 64.9 Å². The molecule has 252 valence electrons. The van der Waals surface area contributed by atoms with Crippen LogP contribution in [0.15, 0.2) is 46.8 Å². The molecule has 10 nitrogen and oxygen atoms in total. The minimum atomic E-state index is -3.45. The number of amides is 3. The van der Waals surface area contributed by atoms with Crippen molar-refractivity contribution >= 4 is 27.7 Å². The molecule has 1 aromatic heterocycles. The maximum absolute atomic E-state index is 14.2. The van der Waals surface area contributed by atoms with Crippen LogP contribution >= 0.6 is 0 Å². The number of hydrogen-bond donors (Lipinski definition) is 2. The van der Waals surface area contributed by atoms with Crippen LogP contribution in [0.3, 0.4) is 0 Å². The van der Waals surface area contributed by atoms with Gasteiger partial charge in [0.2, 0.25) is 0 Å². The van der Waals surface area contributed by atoms with Crippen LogP contribution in [0.5, 0.6) is 5.75 Å². The fourth-order valence-electron chi connectivity index (χ4n) is 7.96. The second kappa shape index (κ2) is 12.9. The molecule has 6 atom stereocenters. The summed E-state index contributed by atoms with van der Waals surface area (Å²) in [6.07, 6.45) is 11.9. The van der Waals surface area contributed by atoms with Crippen LogP contribution in [0.4, 0.5) is 10.6 Å². The Hall–Kier alpha value is -3.44. The summed E-state index contributed by atoms with van der Waals surface area (Å²) in [4.78, 5) is 33.7. The molecule has 1 unspecified atom stereocenters. The van der Waals surface area contributed by atoms with E-state index in [9.17, 15) is 13.8 Å². The number of benzene rings is 1. The van der Waals surface area contributed by atoms with Gasteiger partial charge in [0.15, 0.2) is 11.6 Å². The molecular weight excluding hydrogens is 614 g/mol. The van der Waals surface area contributed by atoms with E-state index in [2.05, 4.69) is 56.6 Å². The highest BCUT2D eigenvalue weighted by Gasteiger charge is 2.45. The Morgan fingerprint density at radius 1 is 1.17 bits per heavy atom. The maximum Gasteiger partial charge on any atom is 0.327 e. The Labute approximate surface area is 278 Å². The topological polar surface area (TPSA) is 122 Å². The van der Waals surface area contributed by atoms with E-state index in [0.717, 1.165) is 51.5 Å². The molecule has 3 heterocycles. The third-order valence-electron chi connectivity index (χ3n) is 10.7. The first-order valence-corrected chi connectivity index (χ1v) is 18.9. The van der Waals surface area contributed by atoms with Crippen molar-refractivity contribution in [1.29, 1.82) is 0 Å². The Bertz CT molecular complexity index is 1700. The summed E-state index contributed by atoms with van der Waals surface area (Å²) >= 11 is 0. The number of anilines is 1. The van der Waals surface area contributed by atoms with Crippen molar-refractivity contribution in [2.24, 2.45) is 22.1 Å². The first-order chi connectivity index (χ1) is 22.6. The lowest BCUT2D eigenvalue weighted by Gasteiger charge is -2.45. The molecule has 3 aliphatic carbocycles. The third kappa shape index (κ3) is 6.79. The van der Waals surface area contributed by atoms with E-state index in [4.69, 9.17) is 14.5 Å². The average Bonchev–Trinajstić information content (AvgIpc) is 3.85. The van der Waals surface area contributed by atoms with Gasteiger partial charge in [-0.25, -0.2) is 14.0 Å². The molecule has 5 aliphatic rings. The van der Waals surface area contributed by atoms with Gasteiger partial charge in [-0.1, -0.05) is 42.8 Å². The first-order valence-electron chi connectivity index (χ1n) is 17.2. The van der Waals surface area contributed by atoms with E-state index < -0.39 is 21.9 Å². The standard InChI is InChI=1S/C36H47N5O5S/c1-23-9-14-29-25(18-23)7-5-17-36(29)21-41-19-26-10-13-28(26)31(45-3)8-4-6-24(2)20-47(44,40-35(43)37-27-11-12-27)39-34(42)30-15-16-32(46-22-36)33(41)38-30/h4,8-9,14-16,18,24,26-28,31H,5-7,10-13,17,19-22H2,1-3H3,(H2,37,39,40,42,43,44)/b8-4+/t24-,26-,28+,31-,36-,47?/m0/s1. The van der Waals surface area contributed by atoms with Crippen LogP contribution in [0.25, 0.3) is 0 Å². The number of hydrogen-bond acceptors (Lipinski definition) is 7. The summed E-state index contributed by atoms with van der Waals surface area (Å²) < 4.78 is 33.6. The molecule has 2 N–H and O–H groups in total. The van der Waals surface area contributed by atoms with Gasteiger partial charge in [0.1, 0.15) is 15.6 Å². The van der Waals surface area contributed by atoms with Gasteiger partial charge in [-0.2, -0.15) is 0 Å². The number of pyridine rings is 1. The van der Waals surface area contributed by atoms with Crippen molar-refractivity contribution in [1.82, 2.24) is 15.0 Å². The third-order valence-corrected chi connectivity index (χ3v) is 12.7. The minimum absolute atomic E-state index is 0.0342. The Balaban J connectivity index is 1.29. The van der Waals surface area contributed by atoms with Gasteiger partial charge in [-0.3, -0.25) is 9.52 Å².